The quantitative estimate of drug-likeness (QED) is 0.450. The molecule has 0 saturated carbocycles. The normalized spacial score (nSPS) is 11.0. The van der Waals surface area contributed by atoms with E-state index in [-0.39, 0.29) is 0 Å². The van der Waals surface area contributed by atoms with E-state index in [0.29, 0.717) is 5.69 Å². The fourth-order valence-corrected chi connectivity index (χ4v) is 2.94. The fraction of sp³-hybridized carbons (Fsp3) is 0. The van der Waals surface area contributed by atoms with Crippen molar-refractivity contribution in [2.24, 2.45) is 0 Å². The van der Waals surface area contributed by atoms with Crippen LogP contribution in [0.1, 0.15) is 0 Å². The lowest BCUT2D eigenvalue weighted by molar-refractivity contribution is 1.39. The first-order valence-electron chi connectivity index (χ1n) is 5.51. The Kier molecular flexibility index (Phi) is 2.84. The summed E-state index contributed by atoms with van der Waals surface area (Å²) in [5, 5.41) is 1.17. The number of benzene rings is 2. The fourth-order valence-electron chi connectivity index (χ4n) is 2.04. The molecule has 0 aliphatic heterocycles. The number of fused-ring (bicyclic) bond motifs is 1. The molecule has 0 fully saturated rings. The summed E-state index contributed by atoms with van der Waals surface area (Å²) < 4.78 is 0.968. The number of hydrogen-bond donors (Lipinski definition) is 3. The average Bonchev–Trinajstić information content (AvgIpc) is 2.77. The monoisotopic (exact) mass is 318 g/mol. The molecule has 0 saturated heterocycles. The van der Waals surface area contributed by atoms with Gasteiger partial charge in [0.25, 0.3) is 0 Å². The Bertz CT molecular complexity index is 701. The molecular weight excluding hydrogens is 308 g/mol. The summed E-state index contributed by atoms with van der Waals surface area (Å²) in [5.74, 6) is 0. The molecule has 1 aromatic heterocycles. The molecule has 3 rings (SSSR count). The van der Waals surface area contributed by atoms with Crippen LogP contribution in [0.2, 0.25) is 0 Å². The number of aromatic amines is 1. The predicted octanol–water partition coefficient (Wildman–Crippen LogP) is 4.47. The zero-order chi connectivity index (χ0) is 12.7. The van der Waals surface area contributed by atoms with Gasteiger partial charge in [-0.2, -0.15) is 0 Å². The first kappa shape index (κ1) is 11.7. The van der Waals surface area contributed by atoms with E-state index >= 15 is 0 Å². The van der Waals surface area contributed by atoms with Crippen molar-refractivity contribution in [3.63, 3.8) is 0 Å². The summed E-state index contributed by atoms with van der Waals surface area (Å²) in [6, 6.07) is 14.1. The van der Waals surface area contributed by atoms with Gasteiger partial charge in [0.1, 0.15) is 0 Å². The highest BCUT2D eigenvalue weighted by Gasteiger charge is 2.09. The molecule has 0 amide bonds. The smallest absolute Gasteiger partial charge is 0.0545 e. The molecule has 3 aromatic rings. The van der Waals surface area contributed by atoms with Gasteiger partial charge in [0.2, 0.25) is 0 Å². The third-order valence-corrected chi connectivity index (χ3v) is 3.77. The minimum absolute atomic E-state index is 0.688. The van der Waals surface area contributed by atoms with Crippen LogP contribution < -0.4 is 5.73 Å². The van der Waals surface area contributed by atoms with E-state index in [0.717, 1.165) is 26.1 Å². The number of H-pyrrole nitrogens is 1. The molecule has 0 atom stereocenters. The van der Waals surface area contributed by atoms with Gasteiger partial charge >= 0.3 is 0 Å². The van der Waals surface area contributed by atoms with Crippen molar-refractivity contribution in [3.8, 4) is 11.3 Å². The van der Waals surface area contributed by atoms with Gasteiger partial charge in [0, 0.05) is 31.5 Å². The van der Waals surface area contributed by atoms with Crippen molar-refractivity contribution in [1.82, 2.24) is 4.98 Å². The summed E-state index contributed by atoms with van der Waals surface area (Å²) in [4.78, 5) is 4.15. The van der Waals surface area contributed by atoms with E-state index in [9.17, 15) is 0 Å². The molecule has 3 N–H and O–H groups in total. The third kappa shape index (κ3) is 1.91. The zero-order valence-electron chi connectivity index (χ0n) is 9.44. The number of aromatic nitrogens is 1. The molecule has 0 aliphatic carbocycles. The van der Waals surface area contributed by atoms with Crippen LogP contribution in [0.15, 0.2) is 51.8 Å². The molecule has 0 radical (unpaired) electrons. The van der Waals surface area contributed by atoms with E-state index in [1.807, 2.05) is 24.3 Å². The molecule has 90 valence electrons. The molecule has 2 nitrogen and oxygen atoms in total. The first-order valence-corrected chi connectivity index (χ1v) is 6.75. The van der Waals surface area contributed by atoms with Crippen molar-refractivity contribution in [2.75, 3.05) is 5.73 Å². The van der Waals surface area contributed by atoms with E-state index in [4.69, 9.17) is 5.73 Å². The van der Waals surface area contributed by atoms with E-state index < -0.39 is 0 Å². The minimum atomic E-state index is 0.688. The molecule has 0 spiro atoms. The minimum Gasteiger partial charge on any atom is -0.397 e. The molecule has 18 heavy (non-hydrogen) atoms. The SMILES string of the molecule is Nc1c(S)cc(Br)cc1-c1cc2ccccc2[nH]1. The topological polar surface area (TPSA) is 41.8 Å². The van der Waals surface area contributed by atoms with Gasteiger partial charge in [0.15, 0.2) is 0 Å². The Morgan fingerprint density at radius 1 is 1.11 bits per heavy atom. The lowest BCUT2D eigenvalue weighted by Gasteiger charge is -2.07. The van der Waals surface area contributed by atoms with Gasteiger partial charge in [-0.25, -0.2) is 0 Å². The van der Waals surface area contributed by atoms with Crippen LogP contribution in [0.4, 0.5) is 5.69 Å². The number of rotatable bonds is 1. The number of para-hydroxylation sites is 1. The van der Waals surface area contributed by atoms with Crippen molar-refractivity contribution >= 4 is 45.1 Å². The van der Waals surface area contributed by atoms with Crippen LogP contribution in [0.3, 0.4) is 0 Å². The molecular formula is C14H11BrN2S. The highest BCUT2D eigenvalue weighted by Crippen LogP contribution is 2.34. The molecule has 0 bridgehead atoms. The van der Waals surface area contributed by atoms with Crippen molar-refractivity contribution in [1.29, 1.82) is 0 Å². The van der Waals surface area contributed by atoms with E-state index in [1.54, 1.807) is 0 Å². The first-order chi connectivity index (χ1) is 8.65. The van der Waals surface area contributed by atoms with Crippen LogP contribution in [-0.4, -0.2) is 4.98 Å². The summed E-state index contributed by atoms with van der Waals surface area (Å²) in [6.07, 6.45) is 0. The number of thiol groups is 1. The van der Waals surface area contributed by atoms with Gasteiger partial charge in [-0.05, 0) is 24.3 Å². The Hall–Kier alpha value is -1.39. The van der Waals surface area contributed by atoms with Crippen LogP contribution >= 0.6 is 28.6 Å². The summed E-state index contributed by atoms with van der Waals surface area (Å²) in [7, 11) is 0. The van der Waals surface area contributed by atoms with Crippen LogP contribution in [0.25, 0.3) is 22.2 Å². The largest absolute Gasteiger partial charge is 0.397 e. The lowest BCUT2D eigenvalue weighted by atomic mass is 10.1. The number of anilines is 1. The van der Waals surface area contributed by atoms with E-state index in [2.05, 4.69) is 51.7 Å². The maximum atomic E-state index is 6.09. The molecule has 1 heterocycles. The van der Waals surface area contributed by atoms with E-state index in [1.165, 1.54) is 5.39 Å². The second-order valence-corrected chi connectivity index (χ2v) is 5.55. The van der Waals surface area contributed by atoms with Gasteiger partial charge in [-0.1, -0.05) is 34.1 Å². The maximum absolute atomic E-state index is 6.09. The number of hydrogen-bond acceptors (Lipinski definition) is 2. The second kappa shape index (κ2) is 4.37. The van der Waals surface area contributed by atoms with Crippen LogP contribution in [-0.2, 0) is 0 Å². The average molecular weight is 319 g/mol. The Labute approximate surface area is 119 Å². The van der Waals surface area contributed by atoms with Crippen LogP contribution in [0.5, 0.6) is 0 Å². The standard InChI is InChI=1S/C14H11BrN2S/c15-9-6-10(14(16)13(18)7-9)12-5-8-3-1-2-4-11(8)17-12/h1-7,17-18H,16H2. The van der Waals surface area contributed by atoms with Gasteiger partial charge in [-0.3, -0.25) is 0 Å². The Morgan fingerprint density at radius 2 is 1.89 bits per heavy atom. The van der Waals surface area contributed by atoms with Crippen LogP contribution in [0, 0.1) is 0 Å². The molecule has 2 aromatic carbocycles. The second-order valence-electron chi connectivity index (χ2n) is 4.16. The van der Waals surface area contributed by atoms with Crippen molar-refractivity contribution < 1.29 is 0 Å². The Morgan fingerprint density at radius 3 is 2.67 bits per heavy atom. The number of halogens is 1. The third-order valence-electron chi connectivity index (χ3n) is 2.94. The summed E-state index contributed by atoms with van der Waals surface area (Å²) in [5.41, 5.74) is 9.85. The van der Waals surface area contributed by atoms with Crippen molar-refractivity contribution in [2.45, 2.75) is 4.90 Å². The molecule has 0 aliphatic rings. The summed E-state index contributed by atoms with van der Waals surface area (Å²) >= 11 is 7.85. The van der Waals surface area contributed by atoms with Gasteiger partial charge < -0.3 is 10.7 Å². The highest BCUT2D eigenvalue weighted by molar-refractivity contribution is 9.10. The number of nitrogen functional groups attached to an aromatic ring is 1. The Balaban J connectivity index is 2.26. The maximum Gasteiger partial charge on any atom is 0.0545 e. The summed E-state index contributed by atoms with van der Waals surface area (Å²) in [6.45, 7) is 0. The predicted molar refractivity (Wildman–Crippen MR) is 83.1 cm³/mol. The zero-order valence-corrected chi connectivity index (χ0v) is 11.9. The number of nitrogens with two attached hydrogens (primary N) is 1. The molecule has 4 heteroatoms. The highest BCUT2D eigenvalue weighted by atomic mass is 79.9. The van der Waals surface area contributed by atoms with Gasteiger partial charge in [-0.15, -0.1) is 12.6 Å². The van der Waals surface area contributed by atoms with Crippen molar-refractivity contribution in [3.05, 3.63) is 46.9 Å². The number of nitrogens with one attached hydrogen (secondary N) is 1. The lowest BCUT2D eigenvalue weighted by Crippen LogP contribution is -1.92. The van der Waals surface area contributed by atoms with Gasteiger partial charge in [0.05, 0.1) is 5.69 Å². The molecule has 0 unspecified atom stereocenters.